The first-order valence-corrected chi connectivity index (χ1v) is 5.38. The van der Waals surface area contributed by atoms with Crippen molar-refractivity contribution in [3.05, 3.63) is 24.3 Å². The molecule has 1 atom stereocenters. The lowest BCUT2D eigenvalue weighted by Gasteiger charge is -2.20. The number of aromatic nitrogens is 2. The summed E-state index contributed by atoms with van der Waals surface area (Å²) < 4.78 is 5.08. The van der Waals surface area contributed by atoms with Gasteiger partial charge in [0.2, 0.25) is 0 Å². The van der Waals surface area contributed by atoms with E-state index in [2.05, 4.69) is 15.3 Å². The molecule has 0 aliphatic rings. The number of hydrogen-bond donors (Lipinski definition) is 2. The Balaban J connectivity index is 2.39. The van der Waals surface area contributed by atoms with Gasteiger partial charge in [-0.15, -0.1) is 0 Å². The highest BCUT2D eigenvalue weighted by atomic mass is 16.6. The predicted octanol–water partition coefficient (Wildman–Crippen LogP) is 1.00. The van der Waals surface area contributed by atoms with Gasteiger partial charge in [-0.05, 0) is 26.8 Å². The Bertz CT molecular complexity index is 361. The van der Waals surface area contributed by atoms with Gasteiger partial charge in [0.25, 0.3) is 0 Å². The van der Waals surface area contributed by atoms with Crippen molar-refractivity contribution in [1.29, 1.82) is 0 Å². The molecular weight excluding hydrogens is 220 g/mol. The fraction of sp³-hybridized carbons (Fsp3) is 0.545. The van der Waals surface area contributed by atoms with Crippen LogP contribution in [0, 0.1) is 0 Å². The molecule has 0 fully saturated rings. The van der Waals surface area contributed by atoms with Crippen LogP contribution in [0.1, 0.15) is 32.6 Å². The molecule has 0 radical (unpaired) electrons. The molecule has 1 amide bonds. The van der Waals surface area contributed by atoms with Crippen molar-refractivity contribution in [1.82, 2.24) is 15.3 Å². The summed E-state index contributed by atoms with van der Waals surface area (Å²) in [6.45, 7) is 5.63. The number of nitrogens with zero attached hydrogens (tertiary/aromatic N) is 2. The van der Waals surface area contributed by atoms with Gasteiger partial charge in [0.05, 0.1) is 6.04 Å². The maximum atomic E-state index is 11.4. The maximum absolute atomic E-state index is 11.4. The van der Waals surface area contributed by atoms with Crippen molar-refractivity contribution >= 4 is 6.09 Å². The second kappa shape index (κ2) is 5.58. The zero-order chi connectivity index (χ0) is 12.9. The van der Waals surface area contributed by atoms with E-state index in [9.17, 15) is 4.79 Å². The lowest BCUT2D eigenvalue weighted by atomic mass is 10.2. The first-order chi connectivity index (χ1) is 7.88. The molecule has 6 heteroatoms. The molecule has 0 saturated carbocycles. The number of amides is 1. The fourth-order valence-electron chi connectivity index (χ4n) is 1.10. The average Bonchev–Trinajstić information content (AvgIpc) is 2.25. The summed E-state index contributed by atoms with van der Waals surface area (Å²) in [5.74, 6) is 0.489. The Morgan fingerprint density at radius 2 is 2.06 bits per heavy atom. The Hall–Kier alpha value is -1.69. The second-order valence-corrected chi connectivity index (χ2v) is 4.60. The Morgan fingerprint density at radius 3 is 2.59 bits per heavy atom. The van der Waals surface area contributed by atoms with E-state index in [1.165, 1.54) is 0 Å². The van der Waals surface area contributed by atoms with Crippen molar-refractivity contribution < 1.29 is 9.53 Å². The molecule has 0 aliphatic heterocycles. The van der Waals surface area contributed by atoms with Crippen LogP contribution in [0.3, 0.4) is 0 Å². The largest absolute Gasteiger partial charge is 0.444 e. The zero-order valence-corrected chi connectivity index (χ0v) is 10.3. The summed E-state index contributed by atoms with van der Waals surface area (Å²) in [5, 5.41) is 2.57. The van der Waals surface area contributed by atoms with Gasteiger partial charge in [-0.2, -0.15) is 0 Å². The number of ether oxygens (including phenoxy) is 1. The highest BCUT2D eigenvalue weighted by Gasteiger charge is 2.17. The first-order valence-electron chi connectivity index (χ1n) is 5.38. The van der Waals surface area contributed by atoms with E-state index in [1.807, 2.05) is 0 Å². The summed E-state index contributed by atoms with van der Waals surface area (Å²) >= 11 is 0. The average molecular weight is 238 g/mol. The number of nitrogens with two attached hydrogens (primary N) is 1. The van der Waals surface area contributed by atoms with Gasteiger partial charge in [0, 0.05) is 18.9 Å². The van der Waals surface area contributed by atoms with Crippen molar-refractivity contribution in [3.63, 3.8) is 0 Å². The van der Waals surface area contributed by atoms with Crippen molar-refractivity contribution in [2.45, 2.75) is 32.4 Å². The standard InChI is InChI=1S/C11H18N4O2/c1-11(2,3)17-10(16)15-7-8(12)9-13-5-4-6-14-9/h4-6,8H,7,12H2,1-3H3,(H,15,16). The van der Waals surface area contributed by atoms with E-state index in [-0.39, 0.29) is 6.54 Å². The molecule has 1 heterocycles. The topological polar surface area (TPSA) is 90.1 Å². The summed E-state index contributed by atoms with van der Waals surface area (Å²) in [7, 11) is 0. The summed E-state index contributed by atoms with van der Waals surface area (Å²) in [6.07, 6.45) is 2.72. The van der Waals surface area contributed by atoms with E-state index in [0.717, 1.165) is 0 Å². The molecule has 17 heavy (non-hydrogen) atoms. The van der Waals surface area contributed by atoms with Crippen LogP contribution in [-0.4, -0.2) is 28.2 Å². The minimum Gasteiger partial charge on any atom is -0.444 e. The van der Waals surface area contributed by atoms with Crippen LogP contribution in [0.4, 0.5) is 4.79 Å². The quantitative estimate of drug-likeness (QED) is 0.819. The predicted molar refractivity (Wildman–Crippen MR) is 63.2 cm³/mol. The molecule has 1 rings (SSSR count). The number of carbonyl (C=O) groups excluding carboxylic acids is 1. The Kier molecular flexibility index (Phi) is 4.39. The number of alkyl carbamates (subject to hydrolysis) is 1. The third kappa shape index (κ3) is 5.26. The van der Waals surface area contributed by atoms with Crippen LogP contribution in [0.25, 0.3) is 0 Å². The minimum absolute atomic E-state index is 0.235. The third-order valence-electron chi connectivity index (χ3n) is 1.78. The third-order valence-corrected chi connectivity index (χ3v) is 1.78. The molecule has 0 bridgehead atoms. The first kappa shape index (κ1) is 13.4. The number of nitrogens with one attached hydrogen (secondary N) is 1. The number of rotatable bonds is 3. The molecule has 0 saturated heterocycles. The second-order valence-electron chi connectivity index (χ2n) is 4.60. The number of hydrogen-bond acceptors (Lipinski definition) is 5. The monoisotopic (exact) mass is 238 g/mol. The smallest absolute Gasteiger partial charge is 0.407 e. The summed E-state index contributed by atoms with van der Waals surface area (Å²) in [4.78, 5) is 19.4. The van der Waals surface area contributed by atoms with Crippen LogP contribution in [0.5, 0.6) is 0 Å². The lowest BCUT2D eigenvalue weighted by Crippen LogP contribution is -2.37. The van der Waals surface area contributed by atoms with Gasteiger partial charge in [-0.25, -0.2) is 14.8 Å². The van der Waals surface area contributed by atoms with E-state index < -0.39 is 17.7 Å². The molecular formula is C11H18N4O2. The van der Waals surface area contributed by atoms with Crippen LogP contribution in [-0.2, 0) is 4.74 Å². The molecule has 1 aromatic rings. The van der Waals surface area contributed by atoms with Crippen LogP contribution in [0.2, 0.25) is 0 Å². The van der Waals surface area contributed by atoms with Gasteiger partial charge in [0.15, 0.2) is 0 Å². The van der Waals surface area contributed by atoms with Crippen LogP contribution >= 0.6 is 0 Å². The lowest BCUT2D eigenvalue weighted by molar-refractivity contribution is 0.0524. The molecule has 94 valence electrons. The maximum Gasteiger partial charge on any atom is 0.407 e. The SMILES string of the molecule is CC(C)(C)OC(=O)NCC(N)c1ncccn1. The van der Waals surface area contributed by atoms with Gasteiger partial charge in [0.1, 0.15) is 11.4 Å². The summed E-state index contributed by atoms with van der Waals surface area (Å²) in [6, 6.07) is 1.26. The molecule has 1 aromatic heterocycles. The molecule has 0 spiro atoms. The van der Waals surface area contributed by atoms with Gasteiger partial charge in [-0.3, -0.25) is 0 Å². The molecule has 3 N–H and O–H groups in total. The normalized spacial score (nSPS) is 12.9. The van der Waals surface area contributed by atoms with Crippen LogP contribution in [0.15, 0.2) is 18.5 Å². The zero-order valence-electron chi connectivity index (χ0n) is 10.3. The Labute approximate surface area is 101 Å². The molecule has 6 nitrogen and oxygen atoms in total. The number of carbonyl (C=O) groups is 1. The fourth-order valence-corrected chi connectivity index (χ4v) is 1.10. The van der Waals surface area contributed by atoms with E-state index in [1.54, 1.807) is 39.2 Å². The van der Waals surface area contributed by atoms with Crippen molar-refractivity contribution in [2.75, 3.05) is 6.54 Å². The minimum atomic E-state index is -0.516. The molecule has 0 aromatic carbocycles. The summed E-state index contributed by atoms with van der Waals surface area (Å²) in [5.41, 5.74) is 5.30. The highest BCUT2D eigenvalue weighted by molar-refractivity contribution is 5.67. The van der Waals surface area contributed by atoms with Crippen molar-refractivity contribution in [2.24, 2.45) is 5.73 Å². The van der Waals surface area contributed by atoms with Crippen LogP contribution < -0.4 is 11.1 Å². The molecule has 1 unspecified atom stereocenters. The van der Waals surface area contributed by atoms with Gasteiger partial charge >= 0.3 is 6.09 Å². The highest BCUT2D eigenvalue weighted by Crippen LogP contribution is 2.07. The van der Waals surface area contributed by atoms with Gasteiger partial charge in [-0.1, -0.05) is 0 Å². The van der Waals surface area contributed by atoms with E-state index >= 15 is 0 Å². The Morgan fingerprint density at radius 1 is 1.47 bits per heavy atom. The molecule has 0 aliphatic carbocycles. The van der Waals surface area contributed by atoms with E-state index in [4.69, 9.17) is 10.5 Å². The van der Waals surface area contributed by atoms with E-state index in [0.29, 0.717) is 5.82 Å². The van der Waals surface area contributed by atoms with Crippen molar-refractivity contribution in [3.8, 4) is 0 Å². The van der Waals surface area contributed by atoms with Gasteiger partial charge < -0.3 is 15.8 Å².